The Hall–Kier alpha value is -2.37. The van der Waals surface area contributed by atoms with Crippen LogP contribution in [0.5, 0.6) is 0 Å². The fraction of sp³-hybridized carbons (Fsp3) is 0.300. The van der Waals surface area contributed by atoms with Gasteiger partial charge in [-0.25, -0.2) is 4.98 Å². The minimum atomic E-state index is 0. The number of halogens is 1. The van der Waals surface area contributed by atoms with Crippen LogP contribution in [0.2, 0.25) is 0 Å². The number of aromatic nitrogens is 2. The number of nitrogens with zero attached hydrogens (tertiary/aromatic N) is 2. The van der Waals surface area contributed by atoms with Gasteiger partial charge in [-0.2, -0.15) is 0 Å². The highest BCUT2D eigenvalue weighted by Crippen LogP contribution is 2.22. The average molecular weight is 373 g/mol. The first-order valence-electron chi connectivity index (χ1n) is 8.78. The largest absolute Gasteiger partial charge is 0.356 e. The van der Waals surface area contributed by atoms with Gasteiger partial charge in [-0.05, 0) is 43.7 Å². The molecule has 0 radical (unpaired) electrons. The molecule has 0 unspecified atom stereocenters. The SMILES string of the molecule is Cl.NCCCCNC(=O)CCc1nc2ccccc2n1-c1ccccc1. The van der Waals surface area contributed by atoms with Crippen molar-refractivity contribution in [3.63, 3.8) is 0 Å². The first-order valence-corrected chi connectivity index (χ1v) is 8.78. The number of benzene rings is 2. The fourth-order valence-electron chi connectivity index (χ4n) is 2.92. The van der Waals surface area contributed by atoms with Crippen molar-refractivity contribution in [3.8, 4) is 5.69 Å². The summed E-state index contributed by atoms with van der Waals surface area (Å²) in [6, 6.07) is 18.2. The summed E-state index contributed by atoms with van der Waals surface area (Å²) in [5.41, 5.74) is 8.54. The molecule has 2 aromatic carbocycles. The molecular formula is C20H25ClN4O. The third-order valence-electron chi connectivity index (χ3n) is 4.17. The topological polar surface area (TPSA) is 72.9 Å². The number of imidazole rings is 1. The van der Waals surface area contributed by atoms with Crippen molar-refractivity contribution in [2.45, 2.75) is 25.7 Å². The molecular weight excluding hydrogens is 348 g/mol. The maximum Gasteiger partial charge on any atom is 0.220 e. The predicted octanol–water partition coefficient (Wildman–Crippen LogP) is 3.24. The molecule has 6 heteroatoms. The van der Waals surface area contributed by atoms with Crippen LogP contribution >= 0.6 is 12.4 Å². The molecule has 0 atom stereocenters. The highest BCUT2D eigenvalue weighted by Gasteiger charge is 2.13. The minimum absolute atomic E-state index is 0. The van der Waals surface area contributed by atoms with Crippen molar-refractivity contribution < 1.29 is 4.79 Å². The van der Waals surface area contributed by atoms with Gasteiger partial charge in [-0.1, -0.05) is 30.3 Å². The van der Waals surface area contributed by atoms with E-state index in [1.54, 1.807) is 0 Å². The molecule has 0 saturated heterocycles. The van der Waals surface area contributed by atoms with Crippen molar-refractivity contribution >= 4 is 29.3 Å². The van der Waals surface area contributed by atoms with E-state index in [0.29, 0.717) is 25.9 Å². The van der Waals surface area contributed by atoms with Crippen molar-refractivity contribution in [3.05, 3.63) is 60.4 Å². The molecule has 0 bridgehead atoms. The van der Waals surface area contributed by atoms with Gasteiger partial charge in [-0.15, -0.1) is 12.4 Å². The number of nitrogens with one attached hydrogen (secondary N) is 1. The van der Waals surface area contributed by atoms with Crippen LogP contribution in [-0.4, -0.2) is 28.5 Å². The molecule has 138 valence electrons. The molecule has 26 heavy (non-hydrogen) atoms. The maximum absolute atomic E-state index is 12.1. The van der Waals surface area contributed by atoms with Gasteiger partial charge in [-0.3, -0.25) is 9.36 Å². The molecule has 0 fully saturated rings. The monoisotopic (exact) mass is 372 g/mol. The summed E-state index contributed by atoms with van der Waals surface area (Å²) in [6.07, 6.45) is 2.89. The first-order chi connectivity index (χ1) is 12.3. The highest BCUT2D eigenvalue weighted by molar-refractivity contribution is 5.85. The number of rotatable bonds is 8. The third-order valence-corrected chi connectivity index (χ3v) is 4.17. The number of carbonyl (C=O) groups is 1. The van der Waals surface area contributed by atoms with Gasteiger partial charge < -0.3 is 11.1 Å². The second kappa shape index (κ2) is 9.94. The number of hydrogen-bond acceptors (Lipinski definition) is 3. The zero-order valence-electron chi connectivity index (χ0n) is 14.7. The summed E-state index contributed by atoms with van der Waals surface area (Å²) in [7, 11) is 0. The number of aryl methyl sites for hydroxylation is 1. The fourth-order valence-corrected chi connectivity index (χ4v) is 2.92. The molecule has 3 rings (SSSR count). The molecule has 0 aliphatic rings. The second-order valence-corrected chi connectivity index (χ2v) is 6.03. The van der Waals surface area contributed by atoms with Crippen LogP contribution < -0.4 is 11.1 Å². The van der Waals surface area contributed by atoms with Crippen LogP contribution in [0.1, 0.15) is 25.1 Å². The van der Waals surface area contributed by atoms with E-state index in [0.717, 1.165) is 35.4 Å². The molecule has 0 aliphatic heterocycles. The Morgan fingerprint density at radius 1 is 1.04 bits per heavy atom. The number of amides is 1. The Labute approximate surface area is 160 Å². The van der Waals surface area contributed by atoms with Gasteiger partial charge in [0.05, 0.1) is 11.0 Å². The van der Waals surface area contributed by atoms with E-state index in [4.69, 9.17) is 10.7 Å². The lowest BCUT2D eigenvalue weighted by atomic mass is 10.2. The molecule has 1 amide bonds. The van der Waals surface area contributed by atoms with Gasteiger partial charge in [0.2, 0.25) is 5.91 Å². The number of carbonyl (C=O) groups excluding carboxylic acids is 1. The maximum atomic E-state index is 12.1. The van der Waals surface area contributed by atoms with Gasteiger partial charge in [0.15, 0.2) is 0 Å². The molecule has 0 spiro atoms. The molecule has 0 saturated carbocycles. The van der Waals surface area contributed by atoms with E-state index in [-0.39, 0.29) is 18.3 Å². The van der Waals surface area contributed by atoms with E-state index in [9.17, 15) is 4.79 Å². The quantitative estimate of drug-likeness (QED) is 0.596. The zero-order chi connectivity index (χ0) is 17.5. The second-order valence-electron chi connectivity index (χ2n) is 6.03. The summed E-state index contributed by atoms with van der Waals surface area (Å²) in [4.78, 5) is 16.8. The molecule has 5 nitrogen and oxygen atoms in total. The summed E-state index contributed by atoms with van der Waals surface area (Å²) in [6.45, 7) is 1.35. The first kappa shape index (κ1) is 19.9. The smallest absolute Gasteiger partial charge is 0.220 e. The van der Waals surface area contributed by atoms with Gasteiger partial charge in [0.25, 0.3) is 0 Å². The summed E-state index contributed by atoms with van der Waals surface area (Å²) >= 11 is 0. The number of fused-ring (bicyclic) bond motifs is 1. The standard InChI is InChI=1S/C20H24N4O.ClH/c21-14-6-7-15-22-20(25)13-12-19-23-17-10-4-5-11-18(17)24(19)16-8-2-1-3-9-16;/h1-5,8-11H,6-7,12-15,21H2,(H,22,25);1H. The molecule has 1 aromatic heterocycles. The van der Waals surface area contributed by atoms with E-state index in [2.05, 4.69) is 28.1 Å². The van der Waals surface area contributed by atoms with Gasteiger partial charge in [0.1, 0.15) is 5.82 Å². The molecule has 3 N–H and O–H groups in total. The van der Waals surface area contributed by atoms with Gasteiger partial charge in [0, 0.05) is 25.1 Å². The lowest BCUT2D eigenvalue weighted by Crippen LogP contribution is -2.25. The Bertz CT molecular complexity index is 832. The van der Waals surface area contributed by atoms with Crippen molar-refractivity contribution in [2.75, 3.05) is 13.1 Å². The minimum Gasteiger partial charge on any atom is -0.356 e. The average Bonchev–Trinajstić information content (AvgIpc) is 3.02. The van der Waals surface area contributed by atoms with Gasteiger partial charge >= 0.3 is 0 Å². The van der Waals surface area contributed by atoms with Crippen LogP contribution in [0.25, 0.3) is 16.7 Å². The number of para-hydroxylation sites is 3. The Morgan fingerprint density at radius 2 is 1.77 bits per heavy atom. The number of hydrogen-bond donors (Lipinski definition) is 2. The van der Waals surface area contributed by atoms with Crippen molar-refractivity contribution in [1.82, 2.24) is 14.9 Å². The predicted molar refractivity (Wildman–Crippen MR) is 108 cm³/mol. The van der Waals surface area contributed by atoms with E-state index in [1.807, 2.05) is 36.4 Å². The number of nitrogens with two attached hydrogens (primary N) is 1. The molecule has 3 aromatic rings. The Kier molecular flexibility index (Phi) is 7.63. The van der Waals surface area contributed by atoms with E-state index < -0.39 is 0 Å². The van der Waals surface area contributed by atoms with E-state index >= 15 is 0 Å². The van der Waals surface area contributed by atoms with Crippen molar-refractivity contribution in [2.24, 2.45) is 5.73 Å². The van der Waals surface area contributed by atoms with Crippen LogP contribution in [0.15, 0.2) is 54.6 Å². The lowest BCUT2D eigenvalue weighted by molar-refractivity contribution is -0.121. The van der Waals surface area contributed by atoms with Crippen LogP contribution in [0.3, 0.4) is 0 Å². The van der Waals surface area contributed by atoms with Crippen LogP contribution in [0.4, 0.5) is 0 Å². The Balaban J connectivity index is 0.00000243. The summed E-state index contributed by atoms with van der Waals surface area (Å²) in [5.74, 6) is 0.966. The third kappa shape index (κ3) is 4.84. The van der Waals surface area contributed by atoms with Crippen molar-refractivity contribution in [1.29, 1.82) is 0 Å². The summed E-state index contributed by atoms with van der Waals surface area (Å²) in [5, 5.41) is 2.95. The van der Waals surface area contributed by atoms with Crippen LogP contribution in [0, 0.1) is 0 Å². The normalized spacial score (nSPS) is 10.5. The van der Waals surface area contributed by atoms with Crippen LogP contribution in [-0.2, 0) is 11.2 Å². The van der Waals surface area contributed by atoms with E-state index in [1.165, 1.54) is 0 Å². The highest BCUT2D eigenvalue weighted by atomic mass is 35.5. The Morgan fingerprint density at radius 3 is 2.54 bits per heavy atom. The lowest BCUT2D eigenvalue weighted by Gasteiger charge is -2.09. The molecule has 0 aliphatic carbocycles. The number of unbranched alkanes of at least 4 members (excludes halogenated alkanes) is 1. The summed E-state index contributed by atoms with van der Waals surface area (Å²) < 4.78 is 2.14. The zero-order valence-corrected chi connectivity index (χ0v) is 15.5. The molecule has 1 heterocycles.